The van der Waals surface area contributed by atoms with E-state index < -0.39 is 0 Å². The molecule has 0 aliphatic heterocycles. The maximum absolute atomic E-state index is 12.6. The topological polar surface area (TPSA) is 40.5 Å². The van der Waals surface area contributed by atoms with Crippen molar-refractivity contribution in [2.45, 2.75) is 33.2 Å². The number of amides is 1. The van der Waals surface area contributed by atoms with E-state index in [2.05, 4.69) is 0 Å². The Labute approximate surface area is 119 Å². The van der Waals surface area contributed by atoms with Crippen LogP contribution in [0.3, 0.4) is 0 Å². The van der Waals surface area contributed by atoms with Crippen molar-refractivity contribution in [3.63, 3.8) is 0 Å². The third-order valence-electron chi connectivity index (χ3n) is 3.48. The van der Waals surface area contributed by atoms with Crippen LogP contribution in [0.25, 0.3) is 10.8 Å². The normalized spacial score (nSPS) is 11.0. The Morgan fingerprint density at radius 2 is 1.90 bits per heavy atom. The second-order valence-electron chi connectivity index (χ2n) is 5.28. The van der Waals surface area contributed by atoms with Crippen molar-refractivity contribution in [1.29, 1.82) is 0 Å². The number of hydrogen-bond acceptors (Lipinski definition) is 2. The van der Waals surface area contributed by atoms with Gasteiger partial charge >= 0.3 is 0 Å². The number of carbonyl (C=O) groups is 1. The molecule has 1 N–H and O–H groups in total. The summed E-state index contributed by atoms with van der Waals surface area (Å²) < 4.78 is 0. The number of carbonyl (C=O) groups excluding carboxylic acids is 1. The molecule has 2 aromatic carbocycles. The molecule has 0 radical (unpaired) electrons. The zero-order valence-electron chi connectivity index (χ0n) is 12.3. The Hall–Kier alpha value is -2.03. The number of fused-ring (bicyclic) bond motifs is 1. The van der Waals surface area contributed by atoms with Crippen LogP contribution in [0, 0.1) is 0 Å². The molecular weight excluding hydrogens is 250 g/mol. The summed E-state index contributed by atoms with van der Waals surface area (Å²) in [6, 6.07) is 11.3. The summed E-state index contributed by atoms with van der Waals surface area (Å²) in [5.74, 6) is -0.0278. The predicted molar refractivity (Wildman–Crippen MR) is 82.1 cm³/mol. The van der Waals surface area contributed by atoms with E-state index in [-0.39, 0.29) is 17.7 Å². The summed E-state index contributed by atoms with van der Waals surface area (Å²) in [7, 11) is 0. The lowest BCUT2D eigenvalue weighted by molar-refractivity contribution is 0.0703. The van der Waals surface area contributed by atoms with Crippen molar-refractivity contribution in [1.82, 2.24) is 4.90 Å². The number of rotatable bonds is 4. The number of nitrogens with zero attached hydrogens (tertiary/aromatic N) is 1. The summed E-state index contributed by atoms with van der Waals surface area (Å²) in [6.07, 6.45) is 0.901. The van der Waals surface area contributed by atoms with Crippen LogP contribution in [0.5, 0.6) is 5.75 Å². The van der Waals surface area contributed by atoms with Crippen LogP contribution >= 0.6 is 0 Å². The molecule has 0 fully saturated rings. The average molecular weight is 271 g/mol. The average Bonchev–Trinajstić information content (AvgIpc) is 2.44. The van der Waals surface area contributed by atoms with Crippen molar-refractivity contribution in [2.75, 3.05) is 6.54 Å². The van der Waals surface area contributed by atoms with Crippen LogP contribution in [0.1, 0.15) is 37.6 Å². The number of hydrogen-bond donors (Lipinski definition) is 1. The molecule has 0 bridgehead atoms. The lowest BCUT2D eigenvalue weighted by Crippen LogP contribution is -2.37. The van der Waals surface area contributed by atoms with E-state index in [9.17, 15) is 9.90 Å². The van der Waals surface area contributed by atoms with Gasteiger partial charge in [0.1, 0.15) is 5.75 Å². The predicted octanol–water partition coefficient (Wildman–Crippen LogP) is 3.81. The molecule has 1 amide bonds. The minimum Gasteiger partial charge on any atom is -0.506 e. The third-order valence-corrected chi connectivity index (χ3v) is 3.48. The van der Waals surface area contributed by atoms with Crippen LogP contribution in [0.4, 0.5) is 0 Å². The first-order valence-electron chi connectivity index (χ1n) is 7.08. The highest BCUT2D eigenvalue weighted by Gasteiger charge is 2.21. The Morgan fingerprint density at radius 3 is 2.55 bits per heavy atom. The van der Waals surface area contributed by atoms with Crippen LogP contribution in [0.15, 0.2) is 36.4 Å². The highest BCUT2D eigenvalue weighted by atomic mass is 16.3. The summed E-state index contributed by atoms with van der Waals surface area (Å²) in [6.45, 7) is 6.73. The van der Waals surface area contributed by atoms with Crippen molar-refractivity contribution < 1.29 is 9.90 Å². The summed E-state index contributed by atoms with van der Waals surface area (Å²) in [5, 5.41) is 12.0. The van der Waals surface area contributed by atoms with Gasteiger partial charge in [-0.3, -0.25) is 4.79 Å². The van der Waals surface area contributed by atoms with Gasteiger partial charge in [0.2, 0.25) is 0 Å². The second-order valence-corrected chi connectivity index (χ2v) is 5.28. The Bertz CT molecular complexity index is 619. The van der Waals surface area contributed by atoms with Crippen molar-refractivity contribution in [3.8, 4) is 5.75 Å². The standard InChI is InChI=1S/C17H21NO2/c1-4-11-18(12(2)3)17(20)15-10-9-13-7-5-6-8-14(13)16(15)19/h5-10,12,19H,4,11H2,1-3H3. The highest BCUT2D eigenvalue weighted by molar-refractivity contribution is 6.03. The molecule has 0 unspecified atom stereocenters. The fourth-order valence-electron chi connectivity index (χ4n) is 2.42. The van der Waals surface area contributed by atoms with E-state index in [1.807, 2.05) is 51.1 Å². The van der Waals surface area contributed by atoms with Crippen LogP contribution < -0.4 is 0 Å². The van der Waals surface area contributed by atoms with Crippen LogP contribution in [0.2, 0.25) is 0 Å². The van der Waals surface area contributed by atoms with Gasteiger partial charge in [-0.1, -0.05) is 37.3 Å². The molecule has 20 heavy (non-hydrogen) atoms. The van der Waals surface area contributed by atoms with Gasteiger partial charge in [-0.2, -0.15) is 0 Å². The quantitative estimate of drug-likeness (QED) is 0.918. The fourth-order valence-corrected chi connectivity index (χ4v) is 2.42. The van der Waals surface area contributed by atoms with Gasteiger partial charge in [0.25, 0.3) is 5.91 Å². The molecule has 0 aliphatic carbocycles. The number of aromatic hydroxyl groups is 1. The third kappa shape index (κ3) is 2.62. The lowest BCUT2D eigenvalue weighted by atomic mass is 10.0. The van der Waals surface area contributed by atoms with Gasteiger partial charge in [-0.25, -0.2) is 0 Å². The number of benzene rings is 2. The first kappa shape index (κ1) is 14.4. The van der Waals surface area contributed by atoms with Crippen molar-refractivity contribution in [2.24, 2.45) is 0 Å². The molecule has 2 aromatic rings. The minimum atomic E-state index is -0.106. The van der Waals surface area contributed by atoms with E-state index in [0.29, 0.717) is 12.1 Å². The monoisotopic (exact) mass is 271 g/mol. The molecule has 0 saturated heterocycles. The van der Waals surface area contributed by atoms with Gasteiger partial charge in [0, 0.05) is 18.0 Å². The SMILES string of the molecule is CCCN(C(=O)c1ccc2ccccc2c1O)C(C)C. The van der Waals surface area contributed by atoms with E-state index in [4.69, 9.17) is 0 Å². The largest absolute Gasteiger partial charge is 0.506 e. The smallest absolute Gasteiger partial charge is 0.257 e. The molecule has 0 saturated carbocycles. The van der Waals surface area contributed by atoms with E-state index in [1.165, 1.54) is 0 Å². The van der Waals surface area contributed by atoms with Crippen LogP contribution in [-0.2, 0) is 0 Å². The van der Waals surface area contributed by atoms with Gasteiger partial charge in [0.15, 0.2) is 0 Å². The molecule has 106 valence electrons. The lowest BCUT2D eigenvalue weighted by Gasteiger charge is -2.26. The zero-order valence-corrected chi connectivity index (χ0v) is 12.3. The minimum absolute atomic E-state index is 0.0786. The molecule has 0 aliphatic rings. The molecule has 2 rings (SSSR count). The van der Waals surface area contributed by atoms with Gasteiger partial charge in [-0.05, 0) is 31.7 Å². The second kappa shape index (κ2) is 5.95. The molecule has 0 atom stereocenters. The van der Waals surface area contributed by atoms with E-state index in [0.717, 1.165) is 17.2 Å². The Kier molecular flexibility index (Phi) is 4.28. The molecule has 3 nitrogen and oxygen atoms in total. The number of phenols is 1. The zero-order chi connectivity index (χ0) is 14.7. The summed E-state index contributed by atoms with van der Waals surface area (Å²) in [4.78, 5) is 14.4. The Morgan fingerprint density at radius 1 is 1.20 bits per heavy atom. The molecule has 0 heterocycles. The maximum atomic E-state index is 12.6. The molecule has 0 aromatic heterocycles. The van der Waals surface area contributed by atoms with Crippen molar-refractivity contribution in [3.05, 3.63) is 42.0 Å². The Balaban J connectivity index is 2.46. The van der Waals surface area contributed by atoms with Crippen LogP contribution in [-0.4, -0.2) is 28.5 Å². The fraction of sp³-hybridized carbons (Fsp3) is 0.353. The summed E-state index contributed by atoms with van der Waals surface area (Å²) >= 11 is 0. The molecule has 3 heteroatoms. The number of phenolic OH excluding ortho intramolecular Hbond substituents is 1. The summed E-state index contributed by atoms with van der Waals surface area (Å²) in [5.41, 5.74) is 0.380. The van der Waals surface area contributed by atoms with E-state index in [1.54, 1.807) is 11.0 Å². The molecular formula is C17H21NO2. The van der Waals surface area contributed by atoms with Gasteiger partial charge in [0.05, 0.1) is 5.56 Å². The van der Waals surface area contributed by atoms with Gasteiger partial charge in [-0.15, -0.1) is 0 Å². The van der Waals surface area contributed by atoms with Gasteiger partial charge < -0.3 is 10.0 Å². The van der Waals surface area contributed by atoms with Crippen molar-refractivity contribution >= 4 is 16.7 Å². The van der Waals surface area contributed by atoms with E-state index >= 15 is 0 Å². The maximum Gasteiger partial charge on any atom is 0.257 e. The first-order valence-corrected chi connectivity index (χ1v) is 7.08. The molecule has 0 spiro atoms. The first-order chi connectivity index (χ1) is 9.56. The highest BCUT2D eigenvalue weighted by Crippen LogP contribution is 2.29.